The number of fused-ring (bicyclic) bond motifs is 1. The zero-order valence-electron chi connectivity index (χ0n) is 20.6. The molecule has 0 radical (unpaired) electrons. The monoisotopic (exact) mass is 492 g/mol. The van der Waals surface area contributed by atoms with Crippen molar-refractivity contribution in [1.29, 1.82) is 0 Å². The van der Waals surface area contributed by atoms with Crippen molar-refractivity contribution in [2.45, 2.75) is 51.6 Å². The van der Waals surface area contributed by atoms with Crippen LogP contribution in [0.3, 0.4) is 0 Å². The highest BCUT2D eigenvalue weighted by atomic mass is 32.1. The maximum Gasteiger partial charge on any atom is 0.251 e. The quantitative estimate of drug-likeness (QED) is 0.442. The molecule has 2 amide bonds. The van der Waals surface area contributed by atoms with Crippen LogP contribution in [0.2, 0.25) is 0 Å². The molecular formula is C28H32N2O4S. The van der Waals surface area contributed by atoms with E-state index in [1.165, 1.54) is 11.3 Å². The van der Waals surface area contributed by atoms with E-state index in [1.54, 1.807) is 18.2 Å². The fourth-order valence-corrected chi connectivity index (χ4v) is 4.78. The van der Waals surface area contributed by atoms with Crippen LogP contribution < -0.4 is 20.1 Å². The van der Waals surface area contributed by atoms with Gasteiger partial charge in [0.05, 0.1) is 12.0 Å². The molecule has 1 aliphatic rings. The molecule has 7 heteroatoms. The third kappa shape index (κ3) is 5.85. The third-order valence-corrected chi connectivity index (χ3v) is 7.29. The van der Waals surface area contributed by atoms with E-state index in [-0.39, 0.29) is 17.4 Å². The predicted octanol–water partition coefficient (Wildman–Crippen LogP) is 5.39. The van der Waals surface area contributed by atoms with Crippen LogP contribution in [0.5, 0.6) is 11.5 Å². The molecule has 1 aliphatic heterocycles. The first kappa shape index (κ1) is 24.8. The Labute approximate surface area is 210 Å². The summed E-state index contributed by atoms with van der Waals surface area (Å²) in [5.74, 6) is 0.165. The fraction of sp³-hybridized carbons (Fsp3) is 0.357. The number of nitrogens with one attached hydrogen (secondary N) is 2. The van der Waals surface area contributed by atoms with E-state index < -0.39 is 12.0 Å². The molecule has 1 aromatic heterocycles. The van der Waals surface area contributed by atoms with Crippen LogP contribution in [-0.4, -0.2) is 30.6 Å². The second-order valence-electron chi connectivity index (χ2n) is 9.44. The highest BCUT2D eigenvalue weighted by Gasteiger charge is 2.35. The lowest BCUT2D eigenvalue weighted by Gasteiger charge is -2.32. The molecule has 4 rings (SSSR count). The molecule has 0 saturated carbocycles. The van der Waals surface area contributed by atoms with E-state index in [9.17, 15) is 9.59 Å². The largest absolute Gasteiger partial charge is 0.486 e. The topological polar surface area (TPSA) is 76.7 Å². The Balaban J connectivity index is 1.70. The summed E-state index contributed by atoms with van der Waals surface area (Å²) in [6, 6.07) is 16.4. The summed E-state index contributed by atoms with van der Waals surface area (Å²) in [6.45, 7) is 9.00. The summed E-state index contributed by atoms with van der Waals surface area (Å²) in [5, 5.41) is 8.31. The van der Waals surface area contributed by atoms with Gasteiger partial charge in [-0.2, -0.15) is 0 Å². The molecule has 2 atom stereocenters. The standard InChI is InChI=1S/C28H32N2O4S/c1-5-28(3,4)30-27(32)24(19-10-8-18(2)9-11-19)25(23-7-6-16-35-23)29-26(31)20-12-13-21-22(17-20)34-15-14-33-21/h6-13,16-17,24-25H,5,14-15H2,1-4H3,(H,29,31)(H,30,32). The van der Waals surface area contributed by atoms with Gasteiger partial charge < -0.3 is 20.1 Å². The van der Waals surface area contributed by atoms with E-state index >= 15 is 0 Å². The van der Waals surface area contributed by atoms with Gasteiger partial charge in [0.15, 0.2) is 11.5 Å². The highest BCUT2D eigenvalue weighted by Crippen LogP contribution is 2.36. The normalized spacial score (nSPS) is 14.6. The summed E-state index contributed by atoms with van der Waals surface area (Å²) in [4.78, 5) is 28.1. The van der Waals surface area contributed by atoms with Gasteiger partial charge in [-0.05, 0) is 62.4 Å². The molecule has 2 unspecified atom stereocenters. The van der Waals surface area contributed by atoms with Gasteiger partial charge in [0, 0.05) is 16.0 Å². The van der Waals surface area contributed by atoms with Gasteiger partial charge in [-0.3, -0.25) is 9.59 Å². The molecule has 184 valence electrons. The minimum atomic E-state index is -0.610. The van der Waals surface area contributed by atoms with E-state index in [4.69, 9.17) is 9.47 Å². The van der Waals surface area contributed by atoms with Crippen molar-refractivity contribution in [2.75, 3.05) is 13.2 Å². The lowest BCUT2D eigenvalue weighted by molar-refractivity contribution is -0.124. The van der Waals surface area contributed by atoms with Crippen molar-refractivity contribution in [3.63, 3.8) is 0 Å². The highest BCUT2D eigenvalue weighted by molar-refractivity contribution is 7.10. The Kier molecular flexibility index (Phi) is 7.45. The van der Waals surface area contributed by atoms with E-state index in [2.05, 4.69) is 10.6 Å². The zero-order chi connectivity index (χ0) is 25.0. The molecule has 2 N–H and O–H groups in total. The van der Waals surface area contributed by atoms with Gasteiger partial charge in [-0.25, -0.2) is 0 Å². The van der Waals surface area contributed by atoms with E-state index in [1.807, 2.05) is 69.5 Å². The molecule has 0 spiro atoms. The number of carbonyl (C=O) groups excluding carboxylic acids is 2. The first-order valence-electron chi connectivity index (χ1n) is 11.9. The number of ether oxygens (including phenoxy) is 2. The second-order valence-corrected chi connectivity index (χ2v) is 10.4. The Bertz CT molecular complexity index is 1170. The average Bonchev–Trinajstić information content (AvgIpc) is 3.39. The minimum absolute atomic E-state index is 0.124. The van der Waals surface area contributed by atoms with Crippen molar-refractivity contribution >= 4 is 23.2 Å². The average molecular weight is 493 g/mol. The molecule has 0 bridgehead atoms. The SMILES string of the molecule is CCC(C)(C)NC(=O)C(c1ccc(C)cc1)C(NC(=O)c1ccc2c(c1)OCCO2)c1cccs1. The smallest absolute Gasteiger partial charge is 0.251 e. The number of carbonyl (C=O) groups is 2. The van der Waals surface area contributed by atoms with Crippen LogP contribution in [0.1, 0.15) is 65.5 Å². The number of rotatable bonds is 8. The van der Waals surface area contributed by atoms with Crippen molar-refractivity contribution in [3.8, 4) is 11.5 Å². The summed E-state index contributed by atoms with van der Waals surface area (Å²) < 4.78 is 11.2. The van der Waals surface area contributed by atoms with Gasteiger partial charge in [-0.15, -0.1) is 11.3 Å². The maximum absolute atomic E-state index is 13.8. The van der Waals surface area contributed by atoms with Gasteiger partial charge >= 0.3 is 0 Å². The number of aryl methyl sites for hydroxylation is 1. The Morgan fingerprint density at radius 2 is 1.74 bits per heavy atom. The molecule has 3 aromatic rings. The zero-order valence-corrected chi connectivity index (χ0v) is 21.4. The summed E-state index contributed by atoms with van der Waals surface area (Å²) in [7, 11) is 0. The molecule has 35 heavy (non-hydrogen) atoms. The number of thiophene rings is 1. The lowest BCUT2D eigenvalue weighted by atomic mass is 9.87. The summed E-state index contributed by atoms with van der Waals surface area (Å²) >= 11 is 1.52. The van der Waals surface area contributed by atoms with Crippen molar-refractivity contribution in [3.05, 3.63) is 81.5 Å². The molecular weight excluding hydrogens is 460 g/mol. The van der Waals surface area contributed by atoms with Crippen LogP contribution in [0.4, 0.5) is 0 Å². The van der Waals surface area contributed by atoms with Crippen molar-refractivity contribution in [1.82, 2.24) is 10.6 Å². The van der Waals surface area contributed by atoms with Crippen molar-refractivity contribution < 1.29 is 19.1 Å². The van der Waals surface area contributed by atoms with E-state index in [0.717, 1.165) is 22.4 Å². The number of benzene rings is 2. The van der Waals surface area contributed by atoms with Crippen molar-refractivity contribution in [2.24, 2.45) is 0 Å². The van der Waals surface area contributed by atoms with Gasteiger partial charge in [-0.1, -0.05) is 42.8 Å². The van der Waals surface area contributed by atoms with Gasteiger partial charge in [0.1, 0.15) is 13.2 Å². The minimum Gasteiger partial charge on any atom is -0.486 e. The third-order valence-electron chi connectivity index (χ3n) is 6.34. The maximum atomic E-state index is 13.8. The number of amides is 2. The Morgan fingerprint density at radius 1 is 1.03 bits per heavy atom. The van der Waals surface area contributed by atoms with E-state index in [0.29, 0.717) is 30.3 Å². The van der Waals surface area contributed by atoms with Crippen LogP contribution in [0.15, 0.2) is 60.0 Å². The fourth-order valence-electron chi connectivity index (χ4n) is 3.96. The van der Waals surface area contributed by atoms with Crippen LogP contribution in [0.25, 0.3) is 0 Å². The molecule has 2 aromatic carbocycles. The number of hydrogen-bond donors (Lipinski definition) is 2. The molecule has 0 saturated heterocycles. The first-order valence-corrected chi connectivity index (χ1v) is 12.8. The summed E-state index contributed by atoms with van der Waals surface area (Å²) in [5.41, 5.74) is 2.03. The van der Waals surface area contributed by atoms with Gasteiger partial charge in [0.25, 0.3) is 5.91 Å². The van der Waals surface area contributed by atoms with Crippen LogP contribution in [-0.2, 0) is 4.79 Å². The molecule has 6 nitrogen and oxygen atoms in total. The second kappa shape index (κ2) is 10.5. The van der Waals surface area contributed by atoms with Crippen LogP contribution in [0, 0.1) is 6.92 Å². The molecule has 2 heterocycles. The Hall–Kier alpha value is -3.32. The van der Waals surface area contributed by atoms with Gasteiger partial charge in [0.2, 0.25) is 5.91 Å². The summed E-state index contributed by atoms with van der Waals surface area (Å²) in [6.07, 6.45) is 0.784. The molecule has 0 fully saturated rings. The number of hydrogen-bond acceptors (Lipinski definition) is 5. The molecule has 0 aliphatic carbocycles. The Morgan fingerprint density at radius 3 is 2.40 bits per heavy atom. The first-order chi connectivity index (χ1) is 16.8. The van der Waals surface area contributed by atoms with Crippen LogP contribution >= 0.6 is 11.3 Å². The lowest BCUT2D eigenvalue weighted by Crippen LogP contribution is -2.48. The predicted molar refractivity (Wildman–Crippen MR) is 138 cm³/mol.